The molecule has 0 radical (unpaired) electrons. The van der Waals surface area contributed by atoms with E-state index in [-0.39, 0.29) is 53.3 Å². The first-order chi connectivity index (χ1) is 16.2. The molecule has 2 aromatic rings. The number of nitrogens with one attached hydrogen (secondary N) is 1. The first-order valence-electron chi connectivity index (χ1n) is 10.2. The van der Waals surface area contributed by atoms with Gasteiger partial charge in [-0.05, 0) is 30.1 Å². The maximum absolute atomic E-state index is 12.8. The summed E-state index contributed by atoms with van der Waals surface area (Å²) >= 11 is 3.92. The van der Waals surface area contributed by atoms with Crippen LogP contribution in [0.15, 0.2) is 21.8 Å². The van der Waals surface area contributed by atoms with E-state index in [1.54, 1.807) is 10.1 Å². The predicted molar refractivity (Wildman–Crippen MR) is 124 cm³/mol. The number of nitrogen functional groups attached to an aromatic ring is 1. The summed E-state index contributed by atoms with van der Waals surface area (Å²) < 4.78 is 1.65. The second-order valence-electron chi connectivity index (χ2n) is 7.83. The number of carboxylic acids is 1. The number of carboxylic acid groups (broad SMARTS) is 1. The second kappa shape index (κ2) is 12.0. The molecule has 1 fully saturated rings. The topological polar surface area (TPSA) is 175 Å². The van der Waals surface area contributed by atoms with Crippen molar-refractivity contribution in [3.05, 3.63) is 22.3 Å². The number of β-lactam (4-membered cyclic amide) rings is 1. The van der Waals surface area contributed by atoms with Crippen LogP contribution >= 0.6 is 34.9 Å². The fraction of sp³-hybridized carbons (Fsp3) is 0.500. The van der Waals surface area contributed by atoms with Gasteiger partial charge in [0.15, 0.2) is 5.13 Å². The molecule has 2 amide bonds. The molecule has 2 aromatic heterocycles. The van der Waals surface area contributed by atoms with E-state index >= 15 is 0 Å². The zero-order valence-corrected chi connectivity index (χ0v) is 23.8. The van der Waals surface area contributed by atoms with Crippen LogP contribution in [0, 0.1) is 0 Å². The number of carbonyl (C=O) groups excluding carboxylic acids is 3. The Bertz CT molecular complexity index is 1140. The summed E-state index contributed by atoms with van der Waals surface area (Å²) in [6, 6.07) is -0.810. The molecule has 182 valence electrons. The Labute approximate surface area is 235 Å². The molecule has 17 heteroatoms. The maximum Gasteiger partial charge on any atom is 1.00 e. The number of aliphatic carboxylic acids is 1. The van der Waals surface area contributed by atoms with Crippen molar-refractivity contribution >= 4 is 57.8 Å². The van der Waals surface area contributed by atoms with Crippen molar-refractivity contribution in [3.8, 4) is 0 Å². The standard InChI is InChI=1S/C18H23N9O4S3.Na/c1-25(2)3-4-26-18(22-23-24-26)34-7-9-6-32-15-12(14(29)27(15)13(9)16(30)31)21-11(28)5-10-8-33-17(19)20-10;/h8,12,15H,3-7H2,1-2H3,(H2,19,20)(H,21,28)(H,30,31);/q;+1/p-1/t12-,15+;/m1./s1. The van der Waals surface area contributed by atoms with Gasteiger partial charge in [-0.1, -0.05) is 11.8 Å². The van der Waals surface area contributed by atoms with Crippen molar-refractivity contribution in [1.29, 1.82) is 0 Å². The van der Waals surface area contributed by atoms with Crippen LogP contribution < -0.4 is 45.7 Å². The number of hydrogen-bond acceptors (Lipinski definition) is 13. The van der Waals surface area contributed by atoms with Crippen molar-refractivity contribution < 1.29 is 49.0 Å². The van der Waals surface area contributed by atoms with E-state index in [2.05, 4.69) is 25.8 Å². The fourth-order valence-electron chi connectivity index (χ4n) is 3.46. The van der Waals surface area contributed by atoms with Crippen LogP contribution in [0.2, 0.25) is 0 Å². The van der Waals surface area contributed by atoms with E-state index in [9.17, 15) is 19.5 Å². The molecule has 0 unspecified atom stereocenters. The van der Waals surface area contributed by atoms with Gasteiger partial charge in [0.25, 0.3) is 5.91 Å². The number of nitrogens with two attached hydrogens (primary N) is 1. The number of nitrogens with zero attached hydrogens (tertiary/aromatic N) is 7. The minimum absolute atomic E-state index is 0. The SMILES string of the molecule is CN(C)CCn1nnnc1SCC1=C(C(=O)[O-])N2C(=O)[C@@H](NC(=O)Cc3csc(N)n3)[C@@H]2SC1.[Na+]. The fourth-order valence-corrected chi connectivity index (χ4v) is 6.41. The number of amides is 2. The second-order valence-corrected chi connectivity index (χ2v) is 10.8. The van der Waals surface area contributed by atoms with Gasteiger partial charge in [0, 0.05) is 23.4 Å². The first kappa shape index (κ1) is 27.9. The summed E-state index contributed by atoms with van der Waals surface area (Å²) in [7, 11) is 3.89. The zero-order chi connectivity index (χ0) is 24.4. The molecule has 4 heterocycles. The van der Waals surface area contributed by atoms with Gasteiger partial charge in [-0.3, -0.25) is 14.5 Å². The number of tetrazole rings is 1. The average Bonchev–Trinajstić information content (AvgIpc) is 3.41. The van der Waals surface area contributed by atoms with E-state index in [0.29, 0.717) is 33.9 Å². The molecule has 0 saturated carbocycles. The van der Waals surface area contributed by atoms with E-state index < -0.39 is 23.3 Å². The molecule has 35 heavy (non-hydrogen) atoms. The van der Waals surface area contributed by atoms with Crippen LogP contribution in [0.3, 0.4) is 0 Å². The molecule has 4 rings (SSSR count). The molecule has 0 aromatic carbocycles. The Kier molecular flexibility index (Phi) is 9.59. The molecule has 2 aliphatic heterocycles. The van der Waals surface area contributed by atoms with Gasteiger partial charge < -0.3 is 25.9 Å². The zero-order valence-electron chi connectivity index (χ0n) is 19.3. The van der Waals surface area contributed by atoms with Crippen LogP contribution in [0.1, 0.15) is 5.69 Å². The van der Waals surface area contributed by atoms with Crippen LogP contribution in [0.25, 0.3) is 0 Å². The van der Waals surface area contributed by atoms with Crippen molar-refractivity contribution in [2.24, 2.45) is 0 Å². The van der Waals surface area contributed by atoms with Crippen molar-refractivity contribution in [3.63, 3.8) is 0 Å². The number of likely N-dealkylation sites (N-methyl/N-ethyl adjacent to an activating group) is 1. The van der Waals surface area contributed by atoms with Crippen molar-refractivity contribution in [1.82, 2.24) is 40.3 Å². The van der Waals surface area contributed by atoms with Crippen LogP contribution in [0.5, 0.6) is 0 Å². The molecular weight excluding hydrogens is 525 g/mol. The Morgan fingerprint density at radius 1 is 1.40 bits per heavy atom. The Morgan fingerprint density at radius 2 is 2.17 bits per heavy atom. The summed E-state index contributed by atoms with van der Waals surface area (Å²) in [6.45, 7) is 1.33. The molecular formula is C18H22N9NaO4S3. The molecule has 13 nitrogen and oxygen atoms in total. The third-order valence-electron chi connectivity index (χ3n) is 5.10. The quantitative estimate of drug-likeness (QED) is 0.165. The molecule has 0 spiro atoms. The summed E-state index contributed by atoms with van der Waals surface area (Å²) in [5.74, 6) is -1.63. The Hall–Kier alpha value is -1.69. The van der Waals surface area contributed by atoms with Gasteiger partial charge in [0.1, 0.15) is 11.4 Å². The maximum atomic E-state index is 12.8. The predicted octanol–water partition coefficient (Wildman–Crippen LogP) is -4.98. The minimum Gasteiger partial charge on any atom is -0.543 e. The van der Waals surface area contributed by atoms with Gasteiger partial charge in [0.2, 0.25) is 11.1 Å². The average molecular weight is 548 g/mol. The van der Waals surface area contributed by atoms with E-state index in [1.807, 2.05) is 19.0 Å². The Morgan fingerprint density at radius 3 is 2.83 bits per heavy atom. The number of anilines is 1. The molecule has 2 aliphatic rings. The largest absolute Gasteiger partial charge is 1.00 e. The Balaban J connectivity index is 0.00000342. The van der Waals surface area contributed by atoms with Gasteiger partial charge in [-0.15, -0.1) is 28.2 Å². The monoisotopic (exact) mass is 547 g/mol. The molecule has 1 saturated heterocycles. The number of aromatic nitrogens is 5. The van der Waals surface area contributed by atoms with E-state index in [1.165, 1.54) is 39.8 Å². The summed E-state index contributed by atoms with van der Waals surface area (Å²) in [5, 5.41) is 28.4. The summed E-state index contributed by atoms with van der Waals surface area (Å²) in [4.78, 5) is 44.3. The number of rotatable bonds is 10. The summed E-state index contributed by atoms with van der Waals surface area (Å²) in [5.41, 5.74) is 6.49. The van der Waals surface area contributed by atoms with Crippen molar-refractivity contribution in [2.75, 3.05) is 37.9 Å². The molecule has 3 N–H and O–H groups in total. The van der Waals surface area contributed by atoms with Gasteiger partial charge >= 0.3 is 29.6 Å². The molecule has 0 aliphatic carbocycles. The van der Waals surface area contributed by atoms with Crippen LogP contribution in [-0.2, 0) is 27.3 Å². The third-order valence-corrected chi connectivity index (χ3v) is 8.21. The smallest absolute Gasteiger partial charge is 0.543 e. The van der Waals surface area contributed by atoms with Crippen molar-refractivity contribution in [2.45, 2.75) is 29.5 Å². The molecule has 2 atom stereocenters. The molecule has 0 bridgehead atoms. The number of hydrogen-bond donors (Lipinski definition) is 2. The number of thiazole rings is 1. The third kappa shape index (κ3) is 6.36. The van der Waals surface area contributed by atoms with E-state index in [0.717, 1.165) is 6.54 Å². The normalized spacial score (nSPS) is 19.3. The number of thioether (sulfide) groups is 2. The summed E-state index contributed by atoms with van der Waals surface area (Å²) in [6.07, 6.45) is -0.0114. The van der Waals surface area contributed by atoms with Crippen LogP contribution in [-0.4, -0.2) is 96.3 Å². The first-order valence-corrected chi connectivity index (χ1v) is 13.1. The van der Waals surface area contributed by atoms with Gasteiger partial charge in [-0.25, -0.2) is 9.67 Å². The number of carbonyl (C=O) groups is 3. The van der Waals surface area contributed by atoms with E-state index in [4.69, 9.17) is 5.73 Å². The number of fused-ring (bicyclic) bond motifs is 1. The minimum atomic E-state index is -1.43. The van der Waals surface area contributed by atoms with Crippen LogP contribution in [0.4, 0.5) is 5.13 Å². The van der Waals surface area contributed by atoms with Gasteiger partial charge in [-0.2, -0.15) is 0 Å². The van der Waals surface area contributed by atoms with Gasteiger partial charge in [0.05, 0.1) is 30.3 Å².